The Morgan fingerprint density at radius 2 is 1.89 bits per heavy atom. The Bertz CT molecular complexity index is 953. The van der Waals surface area contributed by atoms with Gasteiger partial charge in [-0.05, 0) is 37.1 Å². The number of carbonyl (C=O) groups excluding carboxylic acids is 2. The van der Waals surface area contributed by atoms with Gasteiger partial charge in [0.1, 0.15) is 0 Å². The van der Waals surface area contributed by atoms with Gasteiger partial charge < -0.3 is 10.2 Å². The van der Waals surface area contributed by atoms with Crippen molar-refractivity contribution in [2.75, 3.05) is 13.1 Å². The summed E-state index contributed by atoms with van der Waals surface area (Å²) in [7, 11) is 0. The van der Waals surface area contributed by atoms with Crippen LogP contribution in [-0.4, -0.2) is 44.4 Å². The van der Waals surface area contributed by atoms with Gasteiger partial charge in [-0.1, -0.05) is 24.3 Å². The molecule has 1 aromatic carbocycles. The van der Waals surface area contributed by atoms with E-state index in [0.717, 1.165) is 24.3 Å². The minimum Gasteiger partial charge on any atom is -0.352 e. The fourth-order valence-corrected chi connectivity index (χ4v) is 3.54. The van der Waals surface area contributed by atoms with Gasteiger partial charge in [0.2, 0.25) is 5.91 Å². The number of rotatable bonds is 5. The third-order valence-corrected chi connectivity index (χ3v) is 4.87. The lowest BCUT2D eigenvalue weighted by atomic mass is 10.2. The van der Waals surface area contributed by atoms with Crippen molar-refractivity contribution in [3.63, 3.8) is 0 Å². The lowest BCUT2D eigenvalue weighted by Crippen LogP contribution is -2.34. The van der Waals surface area contributed by atoms with E-state index in [0.29, 0.717) is 18.7 Å². The van der Waals surface area contributed by atoms with Crippen LogP contribution in [0.15, 0.2) is 54.7 Å². The van der Waals surface area contributed by atoms with Crippen LogP contribution in [0.2, 0.25) is 0 Å². The second kappa shape index (κ2) is 7.57. The molecule has 0 aliphatic carbocycles. The largest absolute Gasteiger partial charge is 0.352 e. The number of pyridine rings is 1. The first-order valence-corrected chi connectivity index (χ1v) is 9.16. The minimum absolute atomic E-state index is 0.0264. The van der Waals surface area contributed by atoms with Gasteiger partial charge in [0.05, 0.1) is 6.04 Å². The van der Waals surface area contributed by atoms with E-state index in [1.54, 1.807) is 12.1 Å². The summed E-state index contributed by atoms with van der Waals surface area (Å²) in [6, 6.07) is 14.7. The third-order valence-electron chi connectivity index (χ3n) is 4.87. The summed E-state index contributed by atoms with van der Waals surface area (Å²) in [5, 5.41) is 11.3. The van der Waals surface area contributed by atoms with Crippen molar-refractivity contribution in [2.24, 2.45) is 0 Å². The molecule has 3 aromatic rings. The van der Waals surface area contributed by atoms with E-state index in [9.17, 15) is 9.59 Å². The lowest BCUT2D eigenvalue weighted by molar-refractivity contribution is -0.132. The van der Waals surface area contributed by atoms with Crippen LogP contribution in [0.3, 0.4) is 0 Å². The van der Waals surface area contributed by atoms with Gasteiger partial charge >= 0.3 is 0 Å². The van der Waals surface area contributed by atoms with Gasteiger partial charge in [-0.2, -0.15) is 0 Å². The van der Waals surface area contributed by atoms with Crippen LogP contribution in [0, 0.1) is 0 Å². The molecule has 0 spiro atoms. The molecule has 3 heterocycles. The summed E-state index contributed by atoms with van der Waals surface area (Å²) in [6.45, 7) is 1.02. The highest BCUT2D eigenvalue weighted by Crippen LogP contribution is 2.31. The highest BCUT2D eigenvalue weighted by atomic mass is 16.2. The molecule has 2 amide bonds. The predicted molar refractivity (Wildman–Crippen MR) is 100 cm³/mol. The van der Waals surface area contributed by atoms with Crippen molar-refractivity contribution in [3.8, 4) is 0 Å². The van der Waals surface area contributed by atoms with Gasteiger partial charge in [0, 0.05) is 31.3 Å². The van der Waals surface area contributed by atoms with E-state index in [-0.39, 0.29) is 24.3 Å². The first-order valence-electron chi connectivity index (χ1n) is 9.16. The molecule has 0 saturated carbocycles. The van der Waals surface area contributed by atoms with E-state index in [1.807, 2.05) is 51.9 Å². The number of hydrogen-bond acceptors (Lipinski definition) is 4. The highest BCUT2D eigenvalue weighted by molar-refractivity contribution is 5.94. The van der Waals surface area contributed by atoms with Crippen molar-refractivity contribution in [1.82, 2.24) is 24.8 Å². The summed E-state index contributed by atoms with van der Waals surface area (Å²) in [4.78, 5) is 26.7. The average Bonchev–Trinajstić information content (AvgIpc) is 3.35. The van der Waals surface area contributed by atoms with E-state index < -0.39 is 0 Å². The summed E-state index contributed by atoms with van der Waals surface area (Å²) in [6.07, 6.45) is 4.00. The van der Waals surface area contributed by atoms with Gasteiger partial charge in [-0.25, -0.2) is 0 Å². The number of aromatic nitrogens is 3. The Kier molecular flexibility index (Phi) is 4.82. The fourth-order valence-electron chi connectivity index (χ4n) is 3.54. The van der Waals surface area contributed by atoms with Crippen molar-refractivity contribution < 1.29 is 9.59 Å². The van der Waals surface area contributed by atoms with E-state index in [1.165, 1.54) is 0 Å². The quantitative estimate of drug-likeness (QED) is 0.754. The molecule has 138 valence electrons. The molecular formula is C20H21N5O2. The Morgan fingerprint density at radius 3 is 2.74 bits per heavy atom. The number of hydrogen-bond donors (Lipinski definition) is 1. The van der Waals surface area contributed by atoms with Crippen LogP contribution in [-0.2, 0) is 4.79 Å². The molecule has 1 saturated heterocycles. The third kappa shape index (κ3) is 3.53. The Hall–Kier alpha value is -3.22. The highest BCUT2D eigenvalue weighted by Gasteiger charge is 2.32. The Balaban J connectivity index is 1.39. The number of likely N-dealkylation sites (tertiary alicyclic amines) is 1. The lowest BCUT2D eigenvalue weighted by Gasteiger charge is -2.23. The molecule has 7 nitrogen and oxygen atoms in total. The number of amides is 2. The second-order valence-electron chi connectivity index (χ2n) is 6.60. The molecular weight excluding hydrogens is 342 g/mol. The van der Waals surface area contributed by atoms with Crippen LogP contribution in [0.5, 0.6) is 0 Å². The molecule has 7 heteroatoms. The monoisotopic (exact) mass is 363 g/mol. The number of carbonyl (C=O) groups is 2. The molecule has 0 bridgehead atoms. The van der Waals surface area contributed by atoms with Gasteiger partial charge in [-0.3, -0.25) is 14.0 Å². The molecule has 1 aliphatic rings. The molecule has 1 aliphatic heterocycles. The zero-order chi connectivity index (χ0) is 18.6. The summed E-state index contributed by atoms with van der Waals surface area (Å²) in [5.74, 6) is 0.660. The van der Waals surface area contributed by atoms with E-state index >= 15 is 0 Å². The maximum Gasteiger partial charge on any atom is 0.251 e. The van der Waals surface area contributed by atoms with Gasteiger partial charge in [-0.15, -0.1) is 10.2 Å². The summed E-state index contributed by atoms with van der Waals surface area (Å²) >= 11 is 0. The van der Waals surface area contributed by atoms with Crippen LogP contribution in [0.1, 0.15) is 41.5 Å². The van der Waals surface area contributed by atoms with E-state index in [2.05, 4.69) is 15.5 Å². The van der Waals surface area contributed by atoms with Crippen LogP contribution < -0.4 is 5.32 Å². The standard InChI is InChI=1S/C20H21N5O2/c26-18(11-12-21-20(27)15-7-2-1-3-8-15)24-14-6-9-16(24)19-23-22-17-10-4-5-13-25(17)19/h1-5,7-8,10,13,16H,6,9,11-12,14H2,(H,21,27)/t16-/m0/s1. The summed E-state index contributed by atoms with van der Waals surface area (Å²) in [5.41, 5.74) is 1.38. The molecule has 1 fully saturated rings. The molecule has 2 aromatic heterocycles. The summed E-state index contributed by atoms with van der Waals surface area (Å²) < 4.78 is 1.94. The number of nitrogens with zero attached hydrogens (tertiary/aromatic N) is 4. The van der Waals surface area contributed by atoms with Crippen molar-refractivity contribution >= 4 is 17.5 Å². The minimum atomic E-state index is -0.162. The maximum absolute atomic E-state index is 12.7. The Morgan fingerprint density at radius 1 is 1.07 bits per heavy atom. The zero-order valence-electron chi connectivity index (χ0n) is 14.9. The SMILES string of the molecule is O=C(NCCC(=O)N1CCC[C@H]1c1nnc2ccccn12)c1ccccc1. The predicted octanol–water partition coefficient (Wildman–Crippen LogP) is 2.21. The molecule has 0 radical (unpaired) electrons. The number of fused-ring (bicyclic) bond motifs is 1. The smallest absolute Gasteiger partial charge is 0.251 e. The average molecular weight is 363 g/mol. The molecule has 4 rings (SSSR count). The fraction of sp³-hybridized carbons (Fsp3) is 0.300. The normalized spacial score (nSPS) is 16.6. The Labute approximate surface area is 157 Å². The first kappa shape index (κ1) is 17.2. The van der Waals surface area contributed by atoms with Crippen LogP contribution in [0.4, 0.5) is 0 Å². The van der Waals surface area contributed by atoms with Gasteiger partial charge in [0.15, 0.2) is 11.5 Å². The topological polar surface area (TPSA) is 79.6 Å². The van der Waals surface area contributed by atoms with E-state index in [4.69, 9.17) is 0 Å². The molecule has 0 unspecified atom stereocenters. The van der Waals surface area contributed by atoms with Crippen LogP contribution in [0.25, 0.3) is 5.65 Å². The van der Waals surface area contributed by atoms with Gasteiger partial charge in [0.25, 0.3) is 5.91 Å². The zero-order valence-corrected chi connectivity index (χ0v) is 14.9. The molecule has 27 heavy (non-hydrogen) atoms. The first-order chi connectivity index (χ1) is 13.2. The maximum atomic E-state index is 12.7. The number of nitrogens with one attached hydrogen (secondary N) is 1. The number of benzene rings is 1. The molecule has 1 N–H and O–H groups in total. The second-order valence-corrected chi connectivity index (χ2v) is 6.60. The van der Waals surface area contributed by atoms with Crippen LogP contribution >= 0.6 is 0 Å². The molecule has 1 atom stereocenters. The van der Waals surface area contributed by atoms with Crippen molar-refractivity contribution in [2.45, 2.75) is 25.3 Å². The van der Waals surface area contributed by atoms with Crippen molar-refractivity contribution in [1.29, 1.82) is 0 Å². The van der Waals surface area contributed by atoms with Crippen molar-refractivity contribution in [3.05, 3.63) is 66.1 Å².